The zero-order valence-corrected chi connectivity index (χ0v) is 24.6. The summed E-state index contributed by atoms with van der Waals surface area (Å²) >= 11 is 0. The molecule has 6 nitrogen and oxygen atoms in total. The van der Waals surface area contributed by atoms with Crippen molar-refractivity contribution in [2.45, 2.75) is 80.7 Å². The van der Waals surface area contributed by atoms with Crippen LogP contribution in [0.1, 0.15) is 96.6 Å². The maximum atomic E-state index is 12.4. The third kappa shape index (κ3) is 10.5. The minimum Gasteiger partial charge on any atom is -0.481 e. The van der Waals surface area contributed by atoms with Crippen LogP contribution >= 0.6 is 0 Å². The number of benzene rings is 1. The average Bonchev–Trinajstić information content (AvgIpc) is 2.82. The Bertz CT molecular complexity index is 1080. The first-order valence-electron chi connectivity index (χ1n) is 13.4. The number of carbonyl (C=O) groups excluding carboxylic acids is 1. The molecular formula is C32H47N3O3. The van der Waals surface area contributed by atoms with Crippen LogP contribution in [0.4, 0.5) is 0 Å². The Morgan fingerprint density at radius 3 is 2.11 bits per heavy atom. The first-order valence-corrected chi connectivity index (χ1v) is 13.4. The van der Waals surface area contributed by atoms with Gasteiger partial charge < -0.3 is 15.7 Å². The van der Waals surface area contributed by atoms with Crippen molar-refractivity contribution < 1.29 is 14.7 Å². The third-order valence-electron chi connectivity index (χ3n) is 6.22. The van der Waals surface area contributed by atoms with Gasteiger partial charge in [-0.25, -0.2) is 4.99 Å². The number of nitrogens with one attached hydrogen (secondary N) is 2. The highest BCUT2D eigenvalue weighted by atomic mass is 16.4. The molecule has 1 aromatic carbocycles. The topological polar surface area (TPSA) is 90.8 Å². The summed E-state index contributed by atoms with van der Waals surface area (Å²) in [6.07, 6.45) is 5.94. The predicted octanol–water partition coefficient (Wildman–Crippen LogP) is 7.39. The Labute approximate surface area is 229 Å². The van der Waals surface area contributed by atoms with E-state index in [1.807, 2.05) is 65.8 Å². The molecule has 1 aliphatic carbocycles. The van der Waals surface area contributed by atoms with Crippen LogP contribution in [0.5, 0.6) is 0 Å². The Hall–Kier alpha value is -3.41. The summed E-state index contributed by atoms with van der Waals surface area (Å²) in [6, 6.07) is 7.57. The van der Waals surface area contributed by atoms with Gasteiger partial charge in [0.1, 0.15) is 5.82 Å². The van der Waals surface area contributed by atoms with Crippen LogP contribution in [0, 0.1) is 11.3 Å². The molecule has 1 unspecified atom stereocenters. The lowest BCUT2D eigenvalue weighted by Crippen LogP contribution is -2.40. The molecule has 1 saturated carbocycles. The summed E-state index contributed by atoms with van der Waals surface area (Å²) in [5.41, 5.74) is 5.56. The molecule has 0 bridgehead atoms. The third-order valence-corrected chi connectivity index (χ3v) is 6.22. The molecule has 1 atom stereocenters. The maximum absolute atomic E-state index is 12.4. The number of carboxylic acids is 1. The molecular weight excluding hydrogens is 474 g/mol. The van der Waals surface area contributed by atoms with E-state index in [2.05, 4.69) is 37.6 Å². The van der Waals surface area contributed by atoms with E-state index in [1.54, 1.807) is 12.1 Å². The SMILES string of the molecule is C=C(C)/C=C\C(=N\C(NC(c1ccc(C(=O)NCCC(=O)O)cc1)C1CC(C)(C)C1)=C(C)C)C(=C)C.CC. The lowest BCUT2D eigenvalue weighted by atomic mass is 9.61. The van der Waals surface area contributed by atoms with Crippen molar-refractivity contribution >= 4 is 17.6 Å². The van der Waals surface area contributed by atoms with Gasteiger partial charge in [0.2, 0.25) is 0 Å². The van der Waals surface area contributed by atoms with E-state index in [-0.39, 0.29) is 24.9 Å². The van der Waals surface area contributed by atoms with Gasteiger partial charge in [0, 0.05) is 12.1 Å². The maximum Gasteiger partial charge on any atom is 0.305 e. The molecule has 0 spiro atoms. The molecule has 1 amide bonds. The van der Waals surface area contributed by atoms with Gasteiger partial charge in [0.05, 0.1) is 18.2 Å². The normalized spacial score (nSPS) is 15.4. The molecule has 0 heterocycles. The van der Waals surface area contributed by atoms with Crippen molar-refractivity contribution in [1.29, 1.82) is 0 Å². The van der Waals surface area contributed by atoms with E-state index >= 15 is 0 Å². The van der Waals surface area contributed by atoms with E-state index in [0.717, 1.165) is 46.7 Å². The second-order valence-electron chi connectivity index (χ2n) is 10.8. The number of hydrogen-bond donors (Lipinski definition) is 3. The van der Waals surface area contributed by atoms with Crippen LogP contribution in [0.25, 0.3) is 0 Å². The number of nitrogens with zero attached hydrogens (tertiary/aromatic N) is 1. The lowest BCUT2D eigenvalue weighted by molar-refractivity contribution is -0.136. The summed E-state index contributed by atoms with van der Waals surface area (Å²) in [6.45, 7) is 24.7. The minimum absolute atomic E-state index is 0.0345. The van der Waals surface area contributed by atoms with E-state index in [9.17, 15) is 9.59 Å². The van der Waals surface area contributed by atoms with Crippen LogP contribution in [0.15, 0.2) is 77.1 Å². The zero-order valence-electron chi connectivity index (χ0n) is 24.6. The van der Waals surface area contributed by atoms with Crippen molar-refractivity contribution in [3.8, 4) is 0 Å². The van der Waals surface area contributed by atoms with E-state index < -0.39 is 5.97 Å². The molecule has 6 heteroatoms. The van der Waals surface area contributed by atoms with E-state index in [4.69, 9.17) is 10.1 Å². The van der Waals surface area contributed by atoms with Gasteiger partial charge in [-0.2, -0.15) is 0 Å². The first kappa shape index (κ1) is 32.6. The predicted molar refractivity (Wildman–Crippen MR) is 159 cm³/mol. The first-order chi connectivity index (χ1) is 17.8. The summed E-state index contributed by atoms with van der Waals surface area (Å²) < 4.78 is 0. The second kappa shape index (κ2) is 15.1. The van der Waals surface area contributed by atoms with Crippen LogP contribution in [-0.4, -0.2) is 29.2 Å². The fraction of sp³-hybridized carbons (Fsp3) is 0.469. The molecule has 208 valence electrons. The standard InChI is InChI=1S/C30H41N3O3.C2H6/c1-19(2)9-14-25(20(3)4)32-28(21(5)6)33-27(24-17-30(7,8)18-24)22-10-12-23(13-11-22)29(36)31-16-15-26(34)35;1-2/h9-14,24,27,33H,1,3,15-18H2,2,4-8H3,(H,31,36)(H,34,35);1-2H3/b14-9-,32-25-;. The summed E-state index contributed by atoms with van der Waals surface area (Å²) in [5.74, 6) is 0.0244. The monoisotopic (exact) mass is 521 g/mol. The van der Waals surface area contributed by atoms with Crippen molar-refractivity contribution in [2.75, 3.05) is 6.54 Å². The summed E-state index contributed by atoms with van der Waals surface area (Å²) in [5, 5.41) is 15.1. The summed E-state index contributed by atoms with van der Waals surface area (Å²) in [4.78, 5) is 28.0. The molecule has 2 rings (SSSR count). The number of rotatable bonds is 12. The summed E-state index contributed by atoms with van der Waals surface area (Å²) in [7, 11) is 0. The molecule has 0 saturated heterocycles. The Balaban J connectivity index is 0.00000352. The van der Waals surface area contributed by atoms with Crippen LogP contribution in [-0.2, 0) is 4.79 Å². The molecule has 0 aliphatic heterocycles. The van der Waals surface area contributed by atoms with E-state index in [0.29, 0.717) is 16.9 Å². The molecule has 0 aromatic heterocycles. The molecule has 1 aromatic rings. The minimum atomic E-state index is -0.939. The highest BCUT2D eigenvalue weighted by molar-refractivity contribution is 6.08. The van der Waals surface area contributed by atoms with E-state index in [1.165, 1.54) is 0 Å². The van der Waals surface area contributed by atoms with Crippen molar-refractivity contribution in [3.63, 3.8) is 0 Å². The Morgan fingerprint density at radius 1 is 1.08 bits per heavy atom. The number of aliphatic carboxylic acids is 1. The number of carbonyl (C=O) groups is 2. The molecule has 1 aliphatic rings. The highest BCUT2D eigenvalue weighted by Gasteiger charge is 2.41. The zero-order chi connectivity index (χ0) is 29.0. The number of amides is 1. The smallest absolute Gasteiger partial charge is 0.305 e. The number of allylic oxidation sites excluding steroid dienone is 5. The highest BCUT2D eigenvalue weighted by Crippen LogP contribution is 2.50. The van der Waals surface area contributed by atoms with Gasteiger partial charge in [-0.3, -0.25) is 9.59 Å². The van der Waals surface area contributed by atoms with Gasteiger partial charge in [-0.05, 0) is 86.8 Å². The fourth-order valence-electron chi connectivity index (χ4n) is 4.35. The van der Waals surface area contributed by atoms with Gasteiger partial charge in [0.15, 0.2) is 0 Å². The molecule has 3 N–H and O–H groups in total. The average molecular weight is 522 g/mol. The van der Waals surface area contributed by atoms with Crippen molar-refractivity contribution in [2.24, 2.45) is 16.3 Å². The van der Waals surface area contributed by atoms with Crippen LogP contribution < -0.4 is 10.6 Å². The quantitative estimate of drug-likeness (QED) is 0.198. The largest absolute Gasteiger partial charge is 0.481 e. The van der Waals surface area contributed by atoms with Crippen LogP contribution in [0.2, 0.25) is 0 Å². The number of hydrogen-bond acceptors (Lipinski definition) is 4. The van der Waals surface area contributed by atoms with Crippen molar-refractivity contribution in [3.05, 3.63) is 83.2 Å². The van der Waals surface area contributed by atoms with Gasteiger partial charge in [0.25, 0.3) is 5.91 Å². The molecule has 1 fully saturated rings. The molecule has 38 heavy (non-hydrogen) atoms. The number of carboxylic acid groups (broad SMARTS) is 1. The van der Waals surface area contributed by atoms with Gasteiger partial charge in [-0.1, -0.05) is 64.6 Å². The molecule has 0 radical (unpaired) electrons. The van der Waals surface area contributed by atoms with Crippen molar-refractivity contribution in [1.82, 2.24) is 10.6 Å². The van der Waals surface area contributed by atoms with Crippen LogP contribution in [0.3, 0.4) is 0 Å². The Morgan fingerprint density at radius 2 is 1.66 bits per heavy atom. The second-order valence-corrected chi connectivity index (χ2v) is 10.8. The Kier molecular flexibility index (Phi) is 13.0. The fourth-order valence-corrected chi connectivity index (χ4v) is 4.35. The van der Waals surface area contributed by atoms with Gasteiger partial charge >= 0.3 is 5.97 Å². The van der Waals surface area contributed by atoms with Gasteiger partial charge in [-0.15, -0.1) is 0 Å². The number of aliphatic imine (C=N–C) groups is 1. The lowest BCUT2D eigenvalue weighted by Gasteiger charge is -2.47.